The van der Waals surface area contributed by atoms with Gasteiger partial charge in [-0.3, -0.25) is 4.79 Å². The first-order valence-corrected chi connectivity index (χ1v) is 10.9. The Morgan fingerprint density at radius 3 is 2.61 bits per heavy atom. The number of esters is 1. The summed E-state index contributed by atoms with van der Waals surface area (Å²) in [5.74, 6) is 0.169. The molecule has 1 unspecified atom stereocenters. The average Bonchev–Trinajstić information content (AvgIpc) is 3.18. The van der Waals surface area contributed by atoms with Crippen molar-refractivity contribution >= 4 is 16.0 Å². The van der Waals surface area contributed by atoms with Gasteiger partial charge in [0.25, 0.3) is 5.89 Å². The highest BCUT2D eigenvalue weighted by Crippen LogP contribution is 2.26. The van der Waals surface area contributed by atoms with E-state index in [9.17, 15) is 13.2 Å². The largest absolute Gasteiger partial charge is 0.452 e. The highest BCUT2D eigenvalue weighted by Gasteiger charge is 2.33. The fraction of sp³-hybridized carbons (Fsp3) is 0.526. The van der Waals surface area contributed by atoms with E-state index in [1.165, 1.54) is 4.31 Å². The number of carbonyl (C=O) groups is 1. The zero-order chi connectivity index (χ0) is 20.1. The van der Waals surface area contributed by atoms with E-state index in [1.54, 1.807) is 37.3 Å². The molecule has 1 aromatic carbocycles. The number of aromatic nitrogens is 2. The van der Waals surface area contributed by atoms with Crippen molar-refractivity contribution in [3.63, 3.8) is 0 Å². The third kappa shape index (κ3) is 4.59. The topological polar surface area (TPSA) is 103 Å². The molecule has 28 heavy (non-hydrogen) atoms. The Labute approximate surface area is 164 Å². The van der Waals surface area contributed by atoms with E-state index in [1.807, 2.05) is 6.92 Å². The second-order valence-electron chi connectivity index (χ2n) is 6.87. The lowest BCUT2D eigenvalue weighted by molar-refractivity contribution is -0.156. The number of piperidine rings is 1. The fourth-order valence-corrected chi connectivity index (χ4v) is 4.64. The van der Waals surface area contributed by atoms with E-state index in [4.69, 9.17) is 9.26 Å². The van der Waals surface area contributed by atoms with Gasteiger partial charge in [-0.2, -0.15) is 9.29 Å². The lowest BCUT2D eigenvalue weighted by Gasteiger charge is -2.30. The first kappa shape index (κ1) is 20.5. The number of benzene rings is 1. The molecule has 3 rings (SSSR count). The molecule has 0 bridgehead atoms. The second kappa shape index (κ2) is 8.83. The number of nitrogens with zero attached hydrogens (tertiary/aromatic N) is 3. The quantitative estimate of drug-likeness (QED) is 0.650. The van der Waals surface area contributed by atoms with Gasteiger partial charge in [-0.05, 0) is 38.3 Å². The number of carbonyl (C=O) groups excluding carboxylic acids is 1. The Morgan fingerprint density at radius 1 is 1.29 bits per heavy atom. The van der Waals surface area contributed by atoms with Crippen LogP contribution in [0.4, 0.5) is 0 Å². The molecule has 0 radical (unpaired) electrons. The molecule has 9 heteroatoms. The van der Waals surface area contributed by atoms with Crippen molar-refractivity contribution in [3.8, 4) is 0 Å². The Bertz CT molecular complexity index is 889. The highest BCUT2D eigenvalue weighted by atomic mass is 32.2. The van der Waals surface area contributed by atoms with E-state index in [0.717, 1.165) is 6.42 Å². The summed E-state index contributed by atoms with van der Waals surface area (Å²) in [5.41, 5.74) is 0. The normalized spacial score (nSPS) is 17.4. The van der Waals surface area contributed by atoms with Crippen LogP contribution in [0.1, 0.15) is 50.9 Å². The van der Waals surface area contributed by atoms with Crippen LogP contribution in [-0.4, -0.2) is 41.9 Å². The van der Waals surface area contributed by atoms with Crippen LogP contribution in [0.15, 0.2) is 39.8 Å². The summed E-state index contributed by atoms with van der Waals surface area (Å²) < 4.78 is 37.4. The minimum absolute atomic E-state index is 0.268. The Morgan fingerprint density at radius 2 is 1.96 bits per heavy atom. The van der Waals surface area contributed by atoms with Gasteiger partial charge in [-0.1, -0.05) is 30.3 Å². The van der Waals surface area contributed by atoms with Crippen LogP contribution in [0.3, 0.4) is 0 Å². The molecule has 152 valence electrons. The SMILES string of the molecule is CCCc1noc(C(C)OC(=O)C2CCN(S(=O)(=O)c3ccccc3)CC2)n1. The summed E-state index contributed by atoms with van der Waals surface area (Å²) in [5, 5.41) is 3.86. The van der Waals surface area contributed by atoms with Crippen molar-refractivity contribution in [2.75, 3.05) is 13.1 Å². The molecule has 0 saturated carbocycles. The van der Waals surface area contributed by atoms with Gasteiger partial charge in [0.2, 0.25) is 10.0 Å². The minimum Gasteiger partial charge on any atom is -0.452 e. The van der Waals surface area contributed by atoms with E-state index < -0.39 is 16.1 Å². The van der Waals surface area contributed by atoms with E-state index in [0.29, 0.717) is 25.1 Å². The zero-order valence-corrected chi connectivity index (χ0v) is 16.9. The van der Waals surface area contributed by atoms with Crippen molar-refractivity contribution in [2.24, 2.45) is 5.92 Å². The molecule has 1 aromatic heterocycles. The summed E-state index contributed by atoms with van der Waals surface area (Å²) in [6.45, 7) is 4.28. The number of hydrogen-bond donors (Lipinski definition) is 0. The van der Waals surface area contributed by atoms with Crippen LogP contribution < -0.4 is 0 Å². The van der Waals surface area contributed by atoms with Gasteiger partial charge >= 0.3 is 5.97 Å². The maximum atomic E-state index is 12.7. The van der Waals surface area contributed by atoms with Crippen LogP contribution in [-0.2, 0) is 26.0 Å². The molecule has 2 aromatic rings. The number of hydrogen-bond acceptors (Lipinski definition) is 7. The lowest BCUT2D eigenvalue weighted by Crippen LogP contribution is -2.40. The predicted octanol–water partition coefficient (Wildman–Crippen LogP) is 2.73. The number of sulfonamides is 1. The summed E-state index contributed by atoms with van der Waals surface area (Å²) in [6.07, 6.45) is 1.82. The van der Waals surface area contributed by atoms with Crippen molar-refractivity contribution in [2.45, 2.75) is 50.5 Å². The number of rotatable bonds is 7. The average molecular weight is 407 g/mol. The van der Waals surface area contributed by atoms with Crippen molar-refractivity contribution in [1.29, 1.82) is 0 Å². The molecule has 8 nitrogen and oxygen atoms in total. The molecule has 1 aliphatic rings. The molecule has 0 amide bonds. The Balaban J connectivity index is 1.55. The highest BCUT2D eigenvalue weighted by molar-refractivity contribution is 7.89. The van der Waals surface area contributed by atoms with Gasteiger partial charge in [0.15, 0.2) is 11.9 Å². The van der Waals surface area contributed by atoms with Gasteiger partial charge in [-0.25, -0.2) is 8.42 Å². The maximum absolute atomic E-state index is 12.7. The molecule has 0 aliphatic carbocycles. The van der Waals surface area contributed by atoms with Crippen LogP contribution in [0.25, 0.3) is 0 Å². The Hall–Kier alpha value is -2.26. The minimum atomic E-state index is -3.53. The summed E-state index contributed by atoms with van der Waals surface area (Å²) >= 11 is 0. The summed E-state index contributed by atoms with van der Waals surface area (Å²) in [4.78, 5) is 17.0. The van der Waals surface area contributed by atoms with Crippen LogP contribution >= 0.6 is 0 Å². The first-order chi connectivity index (χ1) is 13.4. The van der Waals surface area contributed by atoms with Crippen molar-refractivity contribution in [1.82, 2.24) is 14.4 Å². The maximum Gasteiger partial charge on any atom is 0.309 e. The van der Waals surface area contributed by atoms with Gasteiger partial charge in [0.1, 0.15) is 0 Å². The second-order valence-corrected chi connectivity index (χ2v) is 8.81. The van der Waals surface area contributed by atoms with E-state index in [2.05, 4.69) is 10.1 Å². The van der Waals surface area contributed by atoms with Crippen molar-refractivity contribution < 1.29 is 22.5 Å². The van der Waals surface area contributed by atoms with Gasteiger partial charge in [0, 0.05) is 19.5 Å². The Kier molecular flexibility index (Phi) is 6.46. The summed E-state index contributed by atoms with van der Waals surface area (Å²) in [7, 11) is -3.53. The van der Waals surface area contributed by atoms with Crippen LogP contribution in [0.5, 0.6) is 0 Å². The molecule has 0 N–H and O–H groups in total. The third-order valence-electron chi connectivity index (χ3n) is 4.77. The standard InChI is InChI=1S/C19H25N3O5S/c1-3-7-17-20-18(27-21-17)14(2)26-19(23)15-10-12-22(13-11-15)28(24,25)16-8-5-4-6-9-16/h4-6,8-9,14-15H,3,7,10-13H2,1-2H3. The van der Waals surface area contributed by atoms with Crippen LogP contribution in [0, 0.1) is 5.92 Å². The van der Waals surface area contributed by atoms with Crippen molar-refractivity contribution in [3.05, 3.63) is 42.0 Å². The zero-order valence-electron chi connectivity index (χ0n) is 16.1. The molecular formula is C19H25N3O5S. The molecular weight excluding hydrogens is 382 g/mol. The van der Waals surface area contributed by atoms with Gasteiger partial charge in [0.05, 0.1) is 10.8 Å². The van der Waals surface area contributed by atoms with Gasteiger partial charge in [-0.15, -0.1) is 0 Å². The molecule has 0 spiro atoms. The van der Waals surface area contributed by atoms with Gasteiger partial charge < -0.3 is 9.26 Å². The monoisotopic (exact) mass is 407 g/mol. The summed E-state index contributed by atoms with van der Waals surface area (Å²) in [6, 6.07) is 8.32. The number of ether oxygens (including phenoxy) is 1. The molecule has 2 heterocycles. The van der Waals surface area contributed by atoms with E-state index in [-0.39, 0.29) is 35.8 Å². The third-order valence-corrected chi connectivity index (χ3v) is 6.68. The number of aryl methyl sites for hydroxylation is 1. The van der Waals surface area contributed by atoms with E-state index >= 15 is 0 Å². The molecule has 1 fully saturated rings. The molecule has 1 saturated heterocycles. The predicted molar refractivity (Wildman–Crippen MR) is 101 cm³/mol. The smallest absolute Gasteiger partial charge is 0.309 e. The fourth-order valence-electron chi connectivity index (χ4n) is 3.15. The first-order valence-electron chi connectivity index (χ1n) is 9.50. The lowest BCUT2D eigenvalue weighted by atomic mass is 9.98. The van der Waals surface area contributed by atoms with Crippen LogP contribution in [0.2, 0.25) is 0 Å². The molecule has 1 aliphatic heterocycles. The molecule has 1 atom stereocenters.